The first-order valence-electron chi connectivity index (χ1n) is 8.55. The van der Waals surface area contributed by atoms with Gasteiger partial charge in [-0.15, -0.1) is 0 Å². The number of rotatable bonds is 5. The normalized spacial score (nSPS) is 15.6. The lowest BCUT2D eigenvalue weighted by Gasteiger charge is -2.24. The maximum Gasteiger partial charge on any atom is 0.338 e. The summed E-state index contributed by atoms with van der Waals surface area (Å²) in [5.41, 5.74) is 2.45. The number of nitrogens with one attached hydrogen (secondary N) is 2. The van der Waals surface area contributed by atoms with Gasteiger partial charge in [0.15, 0.2) is 0 Å². The van der Waals surface area contributed by atoms with Crippen molar-refractivity contribution in [3.8, 4) is 0 Å². The molecule has 1 aliphatic rings. The van der Waals surface area contributed by atoms with Crippen molar-refractivity contribution in [3.63, 3.8) is 0 Å². The summed E-state index contributed by atoms with van der Waals surface area (Å²) < 4.78 is 5.07. The number of carbonyl (C=O) groups is 3. The summed E-state index contributed by atoms with van der Waals surface area (Å²) in [7, 11) is 0. The molecule has 0 aliphatic carbocycles. The zero-order valence-corrected chi connectivity index (χ0v) is 14.5. The predicted molar refractivity (Wildman–Crippen MR) is 98.1 cm³/mol. The third-order valence-electron chi connectivity index (χ3n) is 4.14. The SMILES string of the molecule is CCCOC(=O)c1ccc(NC(=O)C2CC(=O)Nc3ccccc32)cc1. The highest BCUT2D eigenvalue weighted by Crippen LogP contribution is 2.32. The van der Waals surface area contributed by atoms with Crippen LogP contribution in [-0.4, -0.2) is 24.4 Å². The van der Waals surface area contributed by atoms with Crippen molar-refractivity contribution in [1.29, 1.82) is 0 Å². The van der Waals surface area contributed by atoms with E-state index in [1.54, 1.807) is 30.3 Å². The van der Waals surface area contributed by atoms with Crippen molar-refractivity contribution in [1.82, 2.24) is 0 Å². The molecule has 0 saturated carbocycles. The molecular weight excluding hydrogens is 332 g/mol. The molecule has 1 atom stereocenters. The molecule has 2 aromatic carbocycles. The molecule has 1 heterocycles. The van der Waals surface area contributed by atoms with E-state index in [-0.39, 0.29) is 24.2 Å². The molecule has 2 N–H and O–H groups in total. The Morgan fingerprint density at radius 3 is 2.62 bits per heavy atom. The van der Waals surface area contributed by atoms with E-state index in [0.717, 1.165) is 12.0 Å². The molecule has 6 heteroatoms. The van der Waals surface area contributed by atoms with Crippen molar-refractivity contribution < 1.29 is 19.1 Å². The molecule has 0 bridgehead atoms. The fourth-order valence-electron chi connectivity index (χ4n) is 2.84. The highest BCUT2D eigenvalue weighted by molar-refractivity contribution is 6.05. The van der Waals surface area contributed by atoms with E-state index < -0.39 is 5.92 Å². The molecule has 0 spiro atoms. The lowest BCUT2D eigenvalue weighted by molar-refractivity contribution is -0.123. The van der Waals surface area contributed by atoms with E-state index in [4.69, 9.17) is 4.74 Å². The highest BCUT2D eigenvalue weighted by atomic mass is 16.5. The molecule has 0 radical (unpaired) electrons. The van der Waals surface area contributed by atoms with Crippen LogP contribution in [0.1, 0.15) is 41.6 Å². The molecule has 0 saturated heterocycles. The van der Waals surface area contributed by atoms with E-state index >= 15 is 0 Å². The Kier molecular flexibility index (Phi) is 5.31. The summed E-state index contributed by atoms with van der Waals surface area (Å²) >= 11 is 0. The van der Waals surface area contributed by atoms with Gasteiger partial charge in [0.25, 0.3) is 0 Å². The molecule has 0 fully saturated rings. The molecule has 3 rings (SSSR count). The van der Waals surface area contributed by atoms with Gasteiger partial charge in [-0.2, -0.15) is 0 Å². The molecule has 2 amide bonds. The van der Waals surface area contributed by atoms with E-state index in [2.05, 4.69) is 10.6 Å². The Labute approximate surface area is 151 Å². The van der Waals surface area contributed by atoms with Crippen LogP contribution in [0.2, 0.25) is 0 Å². The number of benzene rings is 2. The summed E-state index contributed by atoms with van der Waals surface area (Å²) in [6, 6.07) is 13.8. The fourth-order valence-corrected chi connectivity index (χ4v) is 2.84. The Morgan fingerprint density at radius 1 is 1.15 bits per heavy atom. The number of ether oxygens (including phenoxy) is 1. The van der Waals surface area contributed by atoms with Crippen LogP contribution in [0.15, 0.2) is 48.5 Å². The standard InChI is InChI=1S/C20H20N2O4/c1-2-11-26-20(25)13-7-9-14(10-8-13)21-19(24)16-12-18(23)22-17-6-4-3-5-15(16)17/h3-10,16H,2,11-12H2,1H3,(H,21,24)(H,22,23). The van der Waals surface area contributed by atoms with Gasteiger partial charge in [0.05, 0.1) is 18.1 Å². The summed E-state index contributed by atoms with van der Waals surface area (Å²) in [4.78, 5) is 36.3. The van der Waals surface area contributed by atoms with Crippen molar-refractivity contribution in [2.24, 2.45) is 0 Å². The van der Waals surface area contributed by atoms with Gasteiger partial charge < -0.3 is 15.4 Å². The number of fused-ring (bicyclic) bond motifs is 1. The topological polar surface area (TPSA) is 84.5 Å². The Bertz CT molecular complexity index is 830. The summed E-state index contributed by atoms with van der Waals surface area (Å²) in [6.07, 6.45) is 0.862. The quantitative estimate of drug-likeness (QED) is 0.809. The largest absolute Gasteiger partial charge is 0.462 e. The number of hydrogen-bond donors (Lipinski definition) is 2. The minimum Gasteiger partial charge on any atom is -0.462 e. The molecule has 134 valence electrons. The minimum absolute atomic E-state index is 0.101. The first kappa shape index (κ1) is 17.7. The van der Waals surface area contributed by atoms with Gasteiger partial charge in [-0.25, -0.2) is 4.79 Å². The third-order valence-corrected chi connectivity index (χ3v) is 4.14. The average Bonchev–Trinajstić information content (AvgIpc) is 2.65. The number of para-hydroxylation sites is 1. The smallest absolute Gasteiger partial charge is 0.338 e. The molecule has 26 heavy (non-hydrogen) atoms. The van der Waals surface area contributed by atoms with Gasteiger partial charge in [-0.1, -0.05) is 25.1 Å². The maximum absolute atomic E-state index is 12.7. The van der Waals surface area contributed by atoms with Gasteiger partial charge in [-0.05, 0) is 42.3 Å². The lowest BCUT2D eigenvalue weighted by Crippen LogP contribution is -2.30. The second kappa shape index (κ2) is 7.82. The summed E-state index contributed by atoms with van der Waals surface area (Å²) in [6.45, 7) is 2.30. The van der Waals surface area contributed by atoms with Crippen LogP contribution in [0, 0.1) is 0 Å². The lowest BCUT2D eigenvalue weighted by atomic mass is 9.90. The van der Waals surface area contributed by atoms with E-state index in [1.165, 1.54) is 0 Å². The number of esters is 1. The second-order valence-corrected chi connectivity index (χ2v) is 6.09. The number of anilines is 2. The number of amides is 2. The van der Waals surface area contributed by atoms with Crippen LogP contribution < -0.4 is 10.6 Å². The average molecular weight is 352 g/mol. The number of hydrogen-bond acceptors (Lipinski definition) is 4. The minimum atomic E-state index is -0.547. The zero-order valence-electron chi connectivity index (χ0n) is 14.5. The van der Waals surface area contributed by atoms with Crippen molar-refractivity contribution in [2.45, 2.75) is 25.7 Å². The summed E-state index contributed by atoms with van der Waals surface area (Å²) in [5.74, 6) is -1.37. The van der Waals surface area contributed by atoms with Crippen molar-refractivity contribution >= 4 is 29.2 Å². The second-order valence-electron chi connectivity index (χ2n) is 6.09. The first-order chi connectivity index (χ1) is 12.6. The van der Waals surface area contributed by atoms with Crippen LogP contribution in [0.25, 0.3) is 0 Å². The maximum atomic E-state index is 12.7. The van der Waals surface area contributed by atoms with Gasteiger partial charge in [0.2, 0.25) is 11.8 Å². The Balaban J connectivity index is 1.70. The van der Waals surface area contributed by atoms with Crippen molar-refractivity contribution in [3.05, 3.63) is 59.7 Å². The van der Waals surface area contributed by atoms with Crippen LogP contribution in [0.3, 0.4) is 0 Å². The summed E-state index contributed by atoms with van der Waals surface area (Å²) in [5, 5.41) is 5.59. The van der Waals surface area contributed by atoms with Crippen molar-refractivity contribution in [2.75, 3.05) is 17.2 Å². The highest BCUT2D eigenvalue weighted by Gasteiger charge is 2.30. The molecule has 2 aromatic rings. The fraction of sp³-hybridized carbons (Fsp3) is 0.250. The van der Waals surface area contributed by atoms with Crippen LogP contribution in [0.4, 0.5) is 11.4 Å². The molecule has 1 unspecified atom stereocenters. The first-order valence-corrected chi connectivity index (χ1v) is 8.55. The van der Waals surface area contributed by atoms with E-state index in [1.807, 2.05) is 25.1 Å². The Morgan fingerprint density at radius 2 is 1.88 bits per heavy atom. The number of carbonyl (C=O) groups excluding carboxylic acids is 3. The molecular formula is C20H20N2O4. The van der Waals surface area contributed by atoms with E-state index in [0.29, 0.717) is 23.5 Å². The molecule has 0 aromatic heterocycles. The predicted octanol–water partition coefficient (Wildman–Crippen LogP) is 3.32. The monoisotopic (exact) mass is 352 g/mol. The van der Waals surface area contributed by atoms with Gasteiger partial charge in [-0.3, -0.25) is 9.59 Å². The molecule has 1 aliphatic heterocycles. The third kappa shape index (κ3) is 3.91. The van der Waals surface area contributed by atoms with Gasteiger partial charge in [0, 0.05) is 17.8 Å². The Hall–Kier alpha value is -3.15. The zero-order chi connectivity index (χ0) is 18.5. The van der Waals surface area contributed by atoms with Gasteiger partial charge in [0.1, 0.15) is 0 Å². The van der Waals surface area contributed by atoms with E-state index in [9.17, 15) is 14.4 Å². The van der Waals surface area contributed by atoms with Gasteiger partial charge >= 0.3 is 5.97 Å². The van der Waals surface area contributed by atoms with Crippen LogP contribution in [-0.2, 0) is 14.3 Å². The van der Waals surface area contributed by atoms with Crippen LogP contribution in [0.5, 0.6) is 0 Å². The van der Waals surface area contributed by atoms with Crippen LogP contribution >= 0.6 is 0 Å². The molecule has 6 nitrogen and oxygen atoms in total.